The number of benzene rings is 2. The summed E-state index contributed by atoms with van der Waals surface area (Å²) < 4.78 is 11.2. The molecule has 1 heterocycles. The summed E-state index contributed by atoms with van der Waals surface area (Å²) in [6, 6.07) is 18.1. The number of nitrogens with two attached hydrogens (primary N) is 1. The number of carbonyl (C=O) groups is 1. The Morgan fingerprint density at radius 1 is 1.07 bits per heavy atom. The average Bonchev–Trinajstić information content (AvgIpc) is 2.73. The van der Waals surface area contributed by atoms with E-state index in [0.717, 1.165) is 17.7 Å². The first-order valence-electron chi connectivity index (χ1n) is 9.52. The quantitative estimate of drug-likeness (QED) is 0.660. The van der Waals surface area contributed by atoms with Gasteiger partial charge in [-0.05, 0) is 42.5 Å². The summed E-state index contributed by atoms with van der Waals surface area (Å²) in [5, 5.41) is 3.03. The number of nitrogens with one attached hydrogen (secondary N) is 1. The summed E-state index contributed by atoms with van der Waals surface area (Å²) in [7, 11) is 0. The zero-order valence-corrected chi connectivity index (χ0v) is 16.9. The summed E-state index contributed by atoms with van der Waals surface area (Å²) in [4.78, 5) is 12.8. The Labute approximate surface area is 173 Å². The van der Waals surface area contributed by atoms with Crippen molar-refractivity contribution in [2.75, 3.05) is 31.7 Å². The van der Waals surface area contributed by atoms with Crippen LogP contribution in [-0.2, 0) is 27.3 Å². The van der Waals surface area contributed by atoms with Gasteiger partial charge in [0.1, 0.15) is 0 Å². The van der Waals surface area contributed by atoms with E-state index in [1.807, 2.05) is 42.5 Å². The lowest BCUT2D eigenvalue weighted by atomic mass is 9.79. The highest BCUT2D eigenvalue weighted by Gasteiger charge is 2.38. The summed E-state index contributed by atoms with van der Waals surface area (Å²) in [6.07, 6.45) is 2.22. The van der Waals surface area contributed by atoms with Crippen molar-refractivity contribution in [3.63, 3.8) is 0 Å². The third kappa shape index (κ3) is 6.04. The molecule has 28 heavy (non-hydrogen) atoms. The fourth-order valence-corrected chi connectivity index (χ4v) is 3.31. The first-order valence-corrected chi connectivity index (χ1v) is 9.52. The van der Waals surface area contributed by atoms with E-state index in [1.54, 1.807) is 0 Å². The molecule has 0 unspecified atom stereocenters. The zero-order valence-electron chi connectivity index (χ0n) is 16.1. The molecule has 0 radical (unpaired) electrons. The van der Waals surface area contributed by atoms with Crippen LogP contribution in [0.4, 0.5) is 5.69 Å². The van der Waals surface area contributed by atoms with Crippen LogP contribution in [0.15, 0.2) is 54.6 Å². The van der Waals surface area contributed by atoms with Crippen molar-refractivity contribution in [3.05, 3.63) is 65.7 Å². The van der Waals surface area contributed by atoms with Gasteiger partial charge in [-0.25, -0.2) is 0 Å². The van der Waals surface area contributed by atoms with Crippen LogP contribution in [0.2, 0.25) is 0 Å². The fraction of sp³-hybridized carbons (Fsp3) is 0.409. The van der Waals surface area contributed by atoms with Gasteiger partial charge in [0.05, 0.1) is 18.6 Å². The molecule has 0 aliphatic carbocycles. The SMILES string of the molecule is Cl.NCC1(C(=O)Nc2cccc(COCCc3ccccc3)c2)CCOCC1. The van der Waals surface area contributed by atoms with Gasteiger partial charge in [0.2, 0.25) is 5.91 Å². The Hall–Kier alpha value is -1.92. The third-order valence-corrected chi connectivity index (χ3v) is 5.15. The predicted molar refractivity (Wildman–Crippen MR) is 114 cm³/mol. The molecule has 1 saturated heterocycles. The Kier molecular flexibility index (Phi) is 8.93. The van der Waals surface area contributed by atoms with Gasteiger partial charge >= 0.3 is 0 Å². The van der Waals surface area contributed by atoms with Gasteiger partial charge in [-0.15, -0.1) is 12.4 Å². The Balaban J connectivity index is 0.00000280. The third-order valence-electron chi connectivity index (χ3n) is 5.15. The van der Waals surface area contributed by atoms with E-state index in [4.69, 9.17) is 15.2 Å². The smallest absolute Gasteiger partial charge is 0.232 e. The van der Waals surface area contributed by atoms with Crippen LogP contribution >= 0.6 is 12.4 Å². The van der Waals surface area contributed by atoms with Crippen LogP contribution in [0.3, 0.4) is 0 Å². The van der Waals surface area contributed by atoms with E-state index in [0.29, 0.717) is 45.8 Å². The van der Waals surface area contributed by atoms with Gasteiger partial charge in [-0.3, -0.25) is 4.79 Å². The summed E-state index contributed by atoms with van der Waals surface area (Å²) in [5.74, 6) is -0.0181. The van der Waals surface area contributed by atoms with Crippen LogP contribution in [0, 0.1) is 5.41 Å². The first kappa shape index (κ1) is 22.4. The molecule has 0 aromatic heterocycles. The van der Waals surface area contributed by atoms with Crippen molar-refractivity contribution in [1.29, 1.82) is 0 Å². The molecule has 0 spiro atoms. The highest BCUT2D eigenvalue weighted by Crippen LogP contribution is 2.31. The second-order valence-electron chi connectivity index (χ2n) is 7.04. The predicted octanol–water partition coefficient (Wildman–Crippen LogP) is 3.56. The Morgan fingerprint density at radius 3 is 2.50 bits per heavy atom. The van der Waals surface area contributed by atoms with Crippen molar-refractivity contribution >= 4 is 24.0 Å². The zero-order chi connectivity index (χ0) is 19.0. The molecule has 1 aliphatic rings. The monoisotopic (exact) mass is 404 g/mol. The van der Waals surface area contributed by atoms with Crippen molar-refractivity contribution in [3.8, 4) is 0 Å². The molecule has 5 nitrogen and oxygen atoms in total. The van der Waals surface area contributed by atoms with Gasteiger partial charge in [-0.1, -0.05) is 42.5 Å². The minimum absolute atomic E-state index is 0. The van der Waals surface area contributed by atoms with Crippen molar-refractivity contribution in [2.45, 2.75) is 25.9 Å². The van der Waals surface area contributed by atoms with Crippen molar-refractivity contribution < 1.29 is 14.3 Å². The molecule has 1 fully saturated rings. The van der Waals surface area contributed by atoms with E-state index < -0.39 is 5.41 Å². The van der Waals surface area contributed by atoms with Crippen LogP contribution < -0.4 is 11.1 Å². The molecule has 2 aromatic rings. The van der Waals surface area contributed by atoms with E-state index in [9.17, 15) is 4.79 Å². The van der Waals surface area contributed by atoms with Gasteiger partial charge in [-0.2, -0.15) is 0 Å². The van der Waals surface area contributed by atoms with E-state index >= 15 is 0 Å². The maximum absolute atomic E-state index is 12.8. The number of halogens is 1. The number of rotatable bonds is 8. The molecule has 6 heteroatoms. The molecule has 1 amide bonds. The number of hydrogen-bond donors (Lipinski definition) is 2. The molecule has 3 rings (SSSR count). The summed E-state index contributed by atoms with van der Waals surface area (Å²) in [5.41, 5.74) is 8.47. The number of ether oxygens (including phenoxy) is 2. The molecule has 1 aliphatic heterocycles. The highest BCUT2D eigenvalue weighted by molar-refractivity contribution is 5.95. The summed E-state index contributed by atoms with van der Waals surface area (Å²) in [6.45, 7) is 2.69. The lowest BCUT2D eigenvalue weighted by molar-refractivity contribution is -0.130. The minimum Gasteiger partial charge on any atom is -0.381 e. The molecule has 0 saturated carbocycles. The average molecular weight is 405 g/mol. The molecular formula is C22H29ClN2O3. The molecule has 2 aromatic carbocycles. The van der Waals surface area contributed by atoms with E-state index in [2.05, 4.69) is 17.4 Å². The van der Waals surface area contributed by atoms with Crippen molar-refractivity contribution in [1.82, 2.24) is 0 Å². The Morgan fingerprint density at radius 2 is 1.79 bits per heavy atom. The van der Waals surface area contributed by atoms with Gasteiger partial charge in [0.25, 0.3) is 0 Å². The maximum Gasteiger partial charge on any atom is 0.232 e. The molecule has 3 N–H and O–H groups in total. The maximum atomic E-state index is 12.8. The van der Waals surface area contributed by atoms with Crippen LogP contribution in [0.5, 0.6) is 0 Å². The normalized spacial score (nSPS) is 15.5. The van der Waals surface area contributed by atoms with E-state index in [-0.39, 0.29) is 18.3 Å². The minimum atomic E-state index is -0.527. The first-order chi connectivity index (χ1) is 13.2. The molecule has 152 valence electrons. The largest absolute Gasteiger partial charge is 0.381 e. The number of hydrogen-bond acceptors (Lipinski definition) is 4. The molecular weight excluding hydrogens is 376 g/mol. The van der Waals surface area contributed by atoms with Crippen LogP contribution in [-0.4, -0.2) is 32.3 Å². The molecule has 0 atom stereocenters. The second kappa shape index (κ2) is 11.2. The number of anilines is 1. The highest BCUT2D eigenvalue weighted by atomic mass is 35.5. The number of carbonyl (C=O) groups excluding carboxylic acids is 1. The van der Waals surface area contributed by atoms with Gasteiger partial charge < -0.3 is 20.5 Å². The van der Waals surface area contributed by atoms with Gasteiger partial charge in [0.15, 0.2) is 0 Å². The fourth-order valence-electron chi connectivity index (χ4n) is 3.31. The van der Waals surface area contributed by atoms with Crippen LogP contribution in [0.25, 0.3) is 0 Å². The Bertz CT molecular complexity index is 734. The van der Waals surface area contributed by atoms with Gasteiger partial charge in [0, 0.05) is 25.4 Å². The standard InChI is InChI=1S/C22H28N2O3.ClH/c23-17-22(10-13-26-14-11-22)21(25)24-20-8-4-7-19(15-20)16-27-12-9-18-5-2-1-3-6-18;/h1-8,15H,9-14,16-17,23H2,(H,24,25);1H. The van der Waals surface area contributed by atoms with Crippen LogP contribution in [0.1, 0.15) is 24.0 Å². The number of amides is 1. The molecule has 0 bridgehead atoms. The lowest BCUT2D eigenvalue weighted by Gasteiger charge is -2.34. The topological polar surface area (TPSA) is 73.6 Å². The van der Waals surface area contributed by atoms with E-state index in [1.165, 1.54) is 5.56 Å². The summed E-state index contributed by atoms with van der Waals surface area (Å²) >= 11 is 0. The second-order valence-corrected chi connectivity index (χ2v) is 7.04. The van der Waals surface area contributed by atoms with Crippen molar-refractivity contribution in [2.24, 2.45) is 11.1 Å². The lowest BCUT2D eigenvalue weighted by Crippen LogP contribution is -2.46.